The molecule has 1 aliphatic carbocycles. The second kappa shape index (κ2) is 4.86. The summed E-state index contributed by atoms with van der Waals surface area (Å²) < 4.78 is 14.9. The summed E-state index contributed by atoms with van der Waals surface area (Å²) >= 11 is -0.913. The molecule has 0 aromatic rings. The van der Waals surface area contributed by atoms with Gasteiger partial charge in [-0.3, -0.25) is 0 Å². The molecule has 2 nitrogen and oxygen atoms in total. The van der Waals surface area contributed by atoms with Gasteiger partial charge in [-0.15, -0.1) is 4.72 Å². The molecule has 1 saturated carbocycles. The van der Waals surface area contributed by atoms with Gasteiger partial charge >= 0.3 is 0 Å². The Morgan fingerprint density at radius 3 is 2.21 bits per heavy atom. The molecule has 0 heterocycles. The van der Waals surface area contributed by atoms with Gasteiger partial charge in [0.2, 0.25) is 0 Å². The predicted molar refractivity (Wildman–Crippen MR) is 62.5 cm³/mol. The molecule has 0 spiro atoms. The number of hydrogen-bond acceptors (Lipinski definition) is 2. The molecule has 0 bridgehead atoms. The second-order valence-corrected chi connectivity index (χ2v) is 7.33. The van der Waals surface area contributed by atoms with E-state index >= 15 is 0 Å². The maximum absolute atomic E-state index is 11.8. The highest BCUT2D eigenvalue weighted by atomic mass is 32.2. The zero-order chi connectivity index (χ0) is 10.8. The number of hydrogen-bond donors (Lipinski definition) is 1. The van der Waals surface area contributed by atoms with Crippen LogP contribution in [-0.4, -0.2) is 15.3 Å². The van der Waals surface area contributed by atoms with Crippen molar-refractivity contribution in [3.8, 4) is 0 Å². The van der Waals surface area contributed by atoms with Crippen LogP contribution in [0.3, 0.4) is 0 Å². The largest absolute Gasteiger partial charge is 0.598 e. The zero-order valence-corrected chi connectivity index (χ0v) is 10.6. The van der Waals surface area contributed by atoms with Crippen molar-refractivity contribution in [1.29, 1.82) is 0 Å². The average molecular weight is 217 g/mol. The van der Waals surface area contributed by atoms with Crippen LogP contribution in [0.5, 0.6) is 0 Å². The van der Waals surface area contributed by atoms with Crippen LogP contribution in [0.15, 0.2) is 0 Å². The number of nitrogens with one attached hydrogen (secondary N) is 1. The maximum atomic E-state index is 11.8. The normalized spacial score (nSPS) is 23.8. The Morgan fingerprint density at radius 1 is 1.29 bits per heavy atom. The van der Waals surface area contributed by atoms with Gasteiger partial charge in [0.25, 0.3) is 0 Å². The van der Waals surface area contributed by atoms with Crippen molar-refractivity contribution in [2.24, 2.45) is 5.92 Å². The third-order valence-electron chi connectivity index (χ3n) is 2.96. The summed E-state index contributed by atoms with van der Waals surface area (Å²) in [6.07, 6.45) is 5.29. The van der Waals surface area contributed by atoms with E-state index in [0.29, 0.717) is 6.04 Å². The molecular formula is C11H23NOS. The third-order valence-corrected chi connectivity index (χ3v) is 4.65. The molecule has 1 N–H and O–H groups in total. The Balaban J connectivity index is 2.35. The van der Waals surface area contributed by atoms with Gasteiger partial charge in [0, 0.05) is 11.4 Å². The van der Waals surface area contributed by atoms with Gasteiger partial charge in [-0.05, 0) is 46.5 Å². The molecule has 0 unspecified atom stereocenters. The van der Waals surface area contributed by atoms with Crippen molar-refractivity contribution in [3.63, 3.8) is 0 Å². The van der Waals surface area contributed by atoms with Crippen LogP contribution in [-0.2, 0) is 11.4 Å². The summed E-state index contributed by atoms with van der Waals surface area (Å²) in [7, 11) is 0. The molecule has 0 saturated heterocycles. The van der Waals surface area contributed by atoms with E-state index in [0.717, 1.165) is 5.92 Å². The summed E-state index contributed by atoms with van der Waals surface area (Å²) in [6.45, 7) is 8.20. The molecule has 0 radical (unpaired) electrons. The molecule has 84 valence electrons. The van der Waals surface area contributed by atoms with Gasteiger partial charge in [0.15, 0.2) is 0 Å². The molecule has 1 aliphatic rings. The molecule has 2 atom stereocenters. The van der Waals surface area contributed by atoms with Gasteiger partial charge in [0.05, 0.1) is 6.04 Å². The highest BCUT2D eigenvalue weighted by molar-refractivity contribution is 7.90. The molecule has 1 rings (SSSR count). The van der Waals surface area contributed by atoms with Crippen LogP contribution in [0, 0.1) is 5.92 Å². The Kier molecular flexibility index (Phi) is 4.29. The first-order chi connectivity index (χ1) is 6.41. The molecular weight excluding hydrogens is 194 g/mol. The Hall–Kier alpha value is 0.270. The minimum absolute atomic E-state index is 0.146. The van der Waals surface area contributed by atoms with Crippen LogP contribution in [0.1, 0.15) is 53.4 Å². The fourth-order valence-corrected chi connectivity index (χ4v) is 2.78. The van der Waals surface area contributed by atoms with Gasteiger partial charge in [-0.2, -0.15) is 0 Å². The Morgan fingerprint density at radius 2 is 1.79 bits per heavy atom. The summed E-state index contributed by atoms with van der Waals surface area (Å²) in [6, 6.07) is 0.401. The van der Waals surface area contributed by atoms with Crippen LogP contribution in [0.25, 0.3) is 0 Å². The van der Waals surface area contributed by atoms with E-state index in [1.54, 1.807) is 0 Å². The monoisotopic (exact) mass is 217 g/mol. The Bertz CT molecular complexity index is 173. The molecule has 0 amide bonds. The highest BCUT2D eigenvalue weighted by Crippen LogP contribution is 2.28. The molecule has 0 aromatic heterocycles. The molecule has 0 aliphatic heterocycles. The first-order valence-corrected chi connectivity index (χ1v) is 6.74. The summed E-state index contributed by atoms with van der Waals surface area (Å²) in [5.74, 6) is 0.737. The summed E-state index contributed by atoms with van der Waals surface area (Å²) in [5, 5.41) is 0. The van der Waals surface area contributed by atoms with E-state index in [9.17, 15) is 4.55 Å². The zero-order valence-electron chi connectivity index (χ0n) is 9.80. The first-order valence-electron chi connectivity index (χ1n) is 5.59. The van der Waals surface area contributed by atoms with Crippen molar-refractivity contribution in [1.82, 2.24) is 4.72 Å². The quantitative estimate of drug-likeness (QED) is 0.738. The SMILES string of the molecule is C[C@H](N[S@+]([O-])C(C)(C)C)C1CCCC1. The highest BCUT2D eigenvalue weighted by Gasteiger charge is 2.31. The van der Waals surface area contributed by atoms with Crippen LogP contribution >= 0.6 is 0 Å². The minimum Gasteiger partial charge on any atom is -0.598 e. The lowest BCUT2D eigenvalue weighted by atomic mass is 10.0. The first kappa shape index (κ1) is 12.3. The van der Waals surface area contributed by atoms with Gasteiger partial charge < -0.3 is 4.55 Å². The topological polar surface area (TPSA) is 35.1 Å². The van der Waals surface area contributed by atoms with Crippen LogP contribution < -0.4 is 4.72 Å². The van der Waals surface area contributed by atoms with E-state index in [1.165, 1.54) is 25.7 Å². The van der Waals surface area contributed by atoms with Gasteiger partial charge in [-0.1, -0.05) is 12.8 Å². The molecule has 0 aromatic carbocycles. The predicted octanol–water partition coefficient (Wildman–Crippen LogP) is 2.62. The van der Waals surface area contributed by atoms with E-state index in [-0.39, 0.29) is 4.75 Å². The molecule has 14 heavy (non-hydrogen) atoms. The fraction of sp³-hybridized carbons (Fsp3) is 1.00. The molecule has 3 heteroatoms. The smallest absolute Gasteiger partial charge is 0.136 e. The van der Waals surface area contributed by atoms with Crippen molar-refractivity contribution in [2.75, 3.05) is 0 Å². The fourth-order valence-electron chi connectivity index (χ4n) is 1.90. The minimum atomic E-state index is -0.913. The van der Waals surface area contributed by atoms with Crippen LogP contribution in [0.4, 0.5) is 0 Å². The van der Waals surface area contributed by atoms with E-state index < -0.39 is 11.4 Å². The second-order valence-electron chi connectivity index (χ2n) is 5.33. The summed E-state index contributed by atoms with van der Waals surface area (Å²) in [4.78, 5) is 0. The van der Waals surface area contributed by atoms with E-state index in [4.69, 9.17) is 0 Å². The van der Waals surface area contributed by atoms with Crippen molar-refractivity contribution in [3.05, 3.63) is 0 Å². The van der Waals surface area contributed by atoms with Crippen LogP contribution in [0.2, 0.25) is 0 Å². The van der Waals surface area contributed by atoms with Crippen molar-refractivity contribution >= 4 is 11.4 Å². The Labute approximate surface area is 91.2 Å². The lowest BCUT2D eigenvalue weighted by molar-refractivity contribution is 0.418. The maximum Gasteiger partial charge on any atom is 0.136 e. The van der Waals surface area contributed by atoms with Gasteiger partial charge in [-0.25, -0.2) is 0 Å². The molecule has 1 fully saturated rings. The standard InChI is InChI=1S/C11H23NOS/c1-9(10-7-5-6-8-10)12-14(13)11(2,3)4/h9-10,12H,5-8H2,1-4H3/t9-,14+/m0/s1. The number of rotatable bonds is 3. The van der Waals surface area contributed by atoms with Crippen molar-refractivity contribution in [2.45, 2.75) is 64.2 Å². The van der Waals surface area contributed by atoms with E-state index in [2.05, 4.69) is 11.6 Å². The average Bonchev–Trinajstić information content (AvgIpc) is 2.53. The lowest BCUT2D eigenvalue weighted by Gasteiger charge is -2.28. The summed E-state index contributed by atoms with van der Waals surface area (Å²) in [5.41, 5.74) is 0. The van der Waals surface area contributed by atoms with E-state index in [1.807, 2.05) is 20.8 Å². The van der Waals surface area contributed by atoms with Crippen molar-refractivity contribution < 1.29 is 4.55 Å². The van der Waals surface area contributed by atoms with Gasteiger partial charge in [0.1, 0.15) is 4.75 Å². The lowest BCUT2D eigenvalue weighted by Crippen LogP contribution is -2.45. The third kappa shape index (κ3) is 3.44.